The molecule has 1 heterocycles. The number of hydrogen-bond acceptors (Lipinski definition) is 7. The van der Waals surface area contributed by atoms with Crippen molar-refractivity contribution >= 4 is 52.2 Å². The summed E-state index contributed by atoms with van der Waals surface area (Å²) in [4.78, 5) is 24.5. The zero-order chi connectivity index (χ0) is 21.5. The van der Waals surface area contributed by atoms with Gasteiger partial charge in [-0.3, -0.25) is 9.59 Å². The lowest BCUT2D eigenvalue weighted by Gasteiger charge is -2.21. The highest BCUT2D eigenvalue weighted by molar-refractivity contribution is 8.15. The van der Waals surface area contributed by atoms with Crippen LogP contribution in [0.3, 0.4) is 0 Å². The summed E-state index contributed by atoms with van der Waals surface area (Å²) in [5, 5.41) is 23.1. The molecule has 0 bridgehead atoms. The zero-order valence-electron chi connectivity index (χ0n) is 16.0. The maximum absolute atomic E-state index is 12.5. The van der Waals surface area contributed by atoms with Crippen molar-refractivity contribution in [3.8, 4) is 11.5 Å². The van der Waals surface area contributed by atoms with Crippen molar-refractivity contribution in [3.63, 3.8) is 0 Å². The van der Waals surface area contributed by atoms with Crippen LogP contribution in [0.4, 0.5) is 5.69 Å². The van der Waals surface area contributed by atoms with Gasteiger partial charge in [-0.05, 0) is 48.9 Å². The van der Waals surface area contributed by atoms with Crippen molar-refractivity contribution in [1.29, 1.82) is 0 Å². The highest BCUT2D eigenvalue weighted by Gasteiger charge is 2.30. The van der Waals surface area contributed by atoms with E-state index in [9.17, 15) is 14.7 Å². The van der Waals surface area contributed by atoms with Crippen molar-refractivity contribution in [2.24, 2.45) is 10.2 Å². The molecule has 1 saturated heterocycles. The molecule has 1 atom stereocenters. The number of amidine groups is 1. The second-order valence-corrected chi connectivity index (χ2v) is 7.80. The lowest BCUT2D eigenvalue weighted by atomic mass is 10.2. The number of halogens is 1. The molecule has 30 heavy (non-hydrogen) atoms. The monoisotopic (exact) mass is 446 g/mol. The molecule has 0 aromatic heterocycles. The second kappa shape index (κ2) is 10.1. The molecule has 3 rings (SSSR count). The van der Waals surface area contributed by atoms with Gasteiger partial charge in [0.25, 0.3) is 0 Å². The molecule has 2 aromatic rings. The Morgan fingerprint density at radius 3 is 3.00 bits per heavy atom. The predicted molar refractivity (Wildman–Crippen MR) is 119 cm³/mol. The molecule has 156 valence electrons. The Bertz CT molecular complexity index is 1010. The van der Waals surface area contributed by atoms with Gasteiger partial charge < -0.3 is 20.5 Å². The zero-order valence-corrected chi connectivity index (χ0v) is 17.5. The van der Waals surface area contributed by atoms with Gasteiger partial charge in [0.2, 0.25) is 11.8 Å². The first-order chi connectivity index (χ1) is 14.4. The maximum Gasteiger partial charge on any atom is 0.238 e. The highest BCUT2D eigenvalue weighted by Crippen LogP contribution is 2.26. The molecule has 0 saturated carbocycles. The Morgan fingerprint density at radius 1 is 1.40 bits per heavy atom. The van der Waals surface area contributed by atoms with Gasteiger partial charge in [0, 0.05) is 17.1 Å². The summed E-state index contributed by atoms with van der Waals surface area (Å²) in [5.41, 5.74) is 1.20. The minimum Gasteiger partial charge on any atom is -0.504 e. The topological polar surface area (TPSA) is 112 Å². The lowest BCUT2D eigenvalue weighted by Crippen LogP contribution is -2.41. The van der Waals surface area contributed by atoms with E-state index >= 15 is 0 Å². The first-order valence-corrected chi connectivity index (χ1v) is 10.3. The third-order valence-electron chi connectivity index (χ3n) is 3.89. The van der Waals surface area contributed by atoms with Crippen LogP contribution < -0.4 is 15.4 Å². The number of benzene rings is 2. The first-order valence-electron chi connectivity index (χ1n) is 9.04. The third-order valence-corrected chi connectivity index (χ3v) is 5.20. The van der Waals surface area contributed by atoms with Gasteiger partial charge in [-0.2, -0.15) is 5.10 Å². The van der Waals surface area contributed by atoms with Crippen LogP contribution in [0.15, 0.2) is 52.7 Å². The van der Waals surface area contributed by atoms with Crippen molar-refractivity contribution < 1.29 is 19.4 Å². The summed E-state index contributed by atoms with van der Waals surface area (Å²) >= 11 is 7.04. The van der Waals surface area contributed by atoms with Crippen LogP contribution in [0.25, 0.3) is 0 Å². The minimum absolute atomic E-state index is 0.0233. The standard InChI is InChI=1S/C20H19ClN4O4S/c1-2-29-16-8-12(6-7-15(16)26)11-22-25-20-24-18(27)10-17(30-20)19(28)23-14-5-3-4-13(21)9-14/h3-9,11,17,26H,2,10H2,1H3,(H,23,28)(H,24,25,27)/b22-11+. The summed E-state index contributed by atoms with van der Waals surface area (Å²) < 4.78 is 5.32. The molecule has 2 amide bonds. The number of aromatic hydroxyl groups is 1. The normalized spacial score (nSPS) is 17.7. The number of carbonyl (C=O) groups is 2. The number of carbonyl (C=O) groups excluding carboxylic acids is 2. The molecule has 0 aliphatic carbocycles. The van der Waals surface area contributed by atoms with E-state index in [2.05, 4.69) is 20.8 Å². The van der Waals surface area contributed by atoms with Crippen LogP contribution >= 0.6 is 23.4 Å². The number of phenolic OH excluding ortho intramolecular Hbond substituents is 1. The Kier molecular flexibility index (Phi) is 7.31. The molecule has 1 unspecified atom stereocenters. The number of ether oxygens (including phenoxy) is 1. The molecular weight excluding hydrogens is 428 g/mol. The average molecular weight is 447 g/mol. The fraction of sp³-hybridized carbons (Fsp3) is 0.200. The van der Waals surface area contributed by atoms with E-state index in [0.29, 0.717) is 28.6 Å². The molecule has 1 aliphatic rings. The van der Waals surface area contributed by atoms with Crippen molar-refractivity contribution in [2.75, 3.05) is 11.9 Å². The minimum atomic E-state index is -0.648. The van der Waals surface area contributed by atoms with E-state index in [1.54, 1.807) is 36.4 Å². The molecule has 8 nitrogen and oxygen atoms in total. The van der Waals surface area contributed by atoms with E-state index in [-0.39, 0.29) is 29.2 Å². The molecule has 1 fully saturated rings. The fourth-order valence-electron chi connectivity index (χ4n) is 2.56. The summed E-state index contributed by atoms with van der Waals surface area (Å²) in [6, 6.07) is 11.5. The largest absolute Gasteiger partial charge is 0.504 e. The summed E-state index contributed by atoms with van der Waals surface area (Å²) in [6.07, 6.45) is 1.48. The number of thioether (sulfide) groups is 1. The third kappa shape index (κ3) is 5.98. The SMILES string of the molecule is CCOc1cc(/C=N/N=C2NC(=O)CC(C(=O)Nc3cccc(Cl)c3)S2)ccc1O. The number of hydrogen-bond donors (Lipinski definition) is 3. The summed E-state index contributed by atoms with van der Waals surface area (Å²) in [7, 11) is 0. The van der Waals surface area contributed by atoms with Crippen molar-refractivity contribution in [1.82, 2.24) is 5.32 Å². The Hall–Kier alpha value is -3.04. The van der Waals surface area contributed by atoms with Gasteiger partial charge in [0.1, 0.15) is 5.25 Å². The fourth-order valence-corrected chi connectivity index (χ4v) is 3.69. The van der Waals surface area contributed by atoms with Gasteiger partial charge in [-0.25, -0.2) is 0 Å². The van der Waals surface area contributed by atoms with Gasteiger partial charge in [-0.1, -0.05) is 29.4 Å². The molecule has 3 N–H and O–H groups in total. The average Bonchev–Trinajstić information content (AvgIpc) is 2.70. The van der Waals surface area contributed by atoms with Gasteiger partial charge in [0.05, 0.1) is 12.8 Å². The van der Waals surface area contributed by atoms with Crippen molar-refractivity contribution in [2.45, 2.75) is 18.6 Å². The quantitative estimate of drug-likeness (QED) is 0.465. The number of nitrogens with zero attached hydrogens (tertiary/aromatic N) is 2. The Balaban J connectivity index is 1.66. The molecule has 2 aromatic carbocycles. The van der Waals surface area contributed by atoms with Crippen LogP contribution in [-0.2, 0) is 9.59 Å². The predicted octanol–water partition coefficient (Wildman–Crippen LogP) is 3.39. The highest BCUT2D eigenvalue weighted by atomic mass is 35.5. The van der Waals surface area contributed by atoms with E-state index < -0.39 is 5.25 Å². The lowest BCUT2D eigenvalue weighted by molar-refractivity contribution is -0.123. The summed E-state index contributed by atoms with van der Waals surface area (Å²) in [6.45, 7) is 2.23. The van der Waals surface area contributed by atoms with Crippen LogP contribution in [0, 0.1) is 0 Å². The molecule has 0 radical (unpaired) electrons. The molecule has 10 heteroatoms. The van der Waals surface area contributed by atoms with Crippen LogP contribution in [0.2, 0.25) is 5.02 Å². The molecular formula is C20H19ClN4O4S. The van der Waals surface area contributed by atoms with E-state index in [1.807, 2.05) is 6.92 Å². The smallest absolute Gasteiger partial charge is 0.238 e. The number of phenols is 1. The summed E-state index contributed by atoms with van der Waals surface area (Å²) in [5.74, 6) is -0.276. The van der Waals surface area contributed by atoms with Crippen LogP contribution in [0.5, 0.6) is 11.5 Å². The van der Waals surface area contributed by atoms with E-state index in [4.69, 9.17) is 16.3 Å². The Morgan fingerprint density at radius 2 is 2.23 bits per heavy atom. The second-order valence-electron chi connectivity index (χ2n) is 6.17. The van der Waals surface area contributed by atoms with Gasteiger partial charge >= 0.3 is 0 Å². The van der Waals surface area contributed by atoms with Crippen LogP contribution in [0.1, 0.15) is 18.9 Å². The van der Waals surface area contributed by atoms with E-state index in [1.165, 1.54) is 12.3 Å². The van der Waals surface area contributed by atoms with Crippen LogP contribution in [-0.4, -0.2) is 40.2 Å². The number of rotatable bonds is 6. The number of anilines is 1. The number of nitrogens with one attached hydrogen (secondary N) is 2. The maximum atomic E-state index is 12.5. The first kappa shape index (κ1) is 21.7. The molecule has 0 spiro atoms. The van der Waals surface area contributed by atoms with Gasteiger partial charge in [-0.15, -0.1) is 5.10 Å². The number of amides is 2. The molecule has 1 aliphatic heterocycles. The van der Waals surface area contributed by atoms with E-state index in [0.717, 1.165) is 11.8 Å². The van der Waals surface area contributed by atoms with Gasteiger partial charge in [0.15, 0.2) is 16.7 Å². The Labute approximate surface area is 182 Å². The van der Waals surface area contributed by atoms with Crippen molar-refractivity contribution in [3.05, 3.63) is 53.1 Å².